The number of hydrogen-bond donors (Lipinski definition) is 2. The number of sulfonamides is 1. The second-order valence-electron chi connectivity index (χ2n) is 4.79. The summed E-state index contributed by atoms with van der Waals surface area (Å²) in [5.74, 6) is -1.06. The summed E-state index contributed by atoms with van der Waals surface area (Å²) in [7, 11) is -3.78. The molecular formula is C14H16FN3O4S. The van der Waals surface area contributed by atoms with E-state index < -0.39 is 21.7 Å². The summed E-state index contributed by atoms with van der Waals surface area (Å²) < 4.78 is 44.8. The van der Waals surface area contributed by atoms with Crippen LogP contribution in [0.15, 0.2) is 33.7 Å². The van der Waals surface area contributed by atoms with Gasteiger partial charge in [-0.1, -0.05) is 17.3 Å². The Bertz CT molecular complexity index is 798. The van der Waals surface area contributed by atoms with Gasteiger partial charge in [0.1, 0.15) is 16.4 Å². The summed E-state index contributed by atoms with van der Waals surface area (Å²) in [6.45, 7) is 2.97. The Morgan fingerprint density at radius 3 is 2.57 bits per heavy atom. The lowest BCUT2D eigenvalue weighted by Crippen LogP contribution is -2.35. The van der Waals surface area contributed by atoms with Gasteiger partial charge >= 0.3 is 0 Å². The molecule has 9 heteroatoms. The molecule has 7 nitrogen and oxygen atoms in total. The Labute approximate surface area is 132 Å². The molecule has 0 fully saturated rings. The van der Waals surface area contributed by atoms with E-state index in [1.54, 1.807) is 0 Å². The average molecular weight is 341 g/mol. The van der Waals surface area contributed by atoms with Gasteiger partial charge < -0.3 is 9.84 Å². The van der Waals surface area contributed by atoms with Gasteiger partial charge in [-0.2, -0.15) is 0 Å². The molecule has 124 valence electrons. The maximum atomic E-state index is 13.4. The van der Waals surface area contributed by atoms with Crippen molar-refractivity contribution in [1.82, 2.24) is 15.2 Å². The number of aromatic nitrogens is 1. The first kappa shape index (κ1) is 17.1. The van der Waals surface area contributed by atoms with E-state index in [0.717, 1.165) is 0 Å². The van der Waals surface area contributed by atoms with Crippen LogP contribution in [0, 0.1) is 19.7 Å². The van der Waals surface area contributed by atoms with E-state index >= 15 is 0 Å². The molecule has 23 heavy (non-hydrogen) atoms. The fourth-order valence-corrected chi connectivity index (χ4v) is 3.39. The van der Waals surface area contributed by atoms with Gasteiger partial charge in [-0.15, -0.1) is 0 Å². The molecule has 1 aromatic carbocycles. The van der Waals surface area contributed by atoms with Crippen LogP contribution in [0.4, 0.5) is 4.39 Å². The molecule has 0 saturated carbocycles. The van der Waals surface area contributed by atoms with Crippen LogP contribution >= 0.6 is 0 Å². The third kappa shape index (κ3) is 3.93. The van der Waals surface area contributed by atoms with Crippen molar-refractivity contribution < 1.29 is 22.1 Å². The van der Waals surface area contributed by atoms with Gasteiger partial charge in [-0.25, -0.2) is 17.5 Å². The minimum Gasteiger partial charge on any atom is -0.360 e. The van der Waals surface area contributed by atoms with Crippen LogP contribution in [0.3, 0.4) is 0 Å². The van der Waals surface area contributed by atoms with Crippen molar-refractivity contribution in [2.24, 2.45) is 0 Å². The number of hydrogen-bond acceptors (Lipinski definition) is 5. The molecule has 2 N–H and O–H groups in total. The molecule has 0 radical (unpaired) electrons. The van der Waals surface area contributed by atoms with Crippen molar-refractivity contribution >= 4 is 15.9 Å². The molecule has 0 atom stereocenters. The van der Waals surface area contributed by atoms with Crippen molar-refractivity contribution in [2.45, 2.75) is 18.7 Å². The second-order valence-corrected chi connectivity index (χ2v) is 6.49. The molecule has 0 unspecified atom stereocenters. The van der Waals surface area contributed by atoms with Gasteiger partial charge in [0.2, 0.25) is 10.0 Å². The third-order valence-corrected chi connectivity index (χ3v) is 4.76. The molecule has 0 aliphatic heterocycles. The van der Waals surface area contributed by atoms with Crippen LogP contribution in [0.25, 0.3) is 0 Å². The highest BCUT2D eigenvalue weighted by Crippen LogP contribution is 2.18. The van der Waals surface area contributed by atoms with E-state index in [9.17, 15) is 17.6 Å². The standard InChI is InChI=1S/C14H16FN3O4S/c1-9-13(10(2)22-18-9)23(20,21)17-8-7-16-14(19)11-5-3-4-6-12(11)15/h3-6,17H,7-8H2,1-2H3,(H,16,19). The highest BCUT2D eigenvalue weighted by molar-refractivity contribution is 7.89. The topological polar surface area (TPSA) is 101 Å². The van der Waals surface area contributed by atoms with Gasteiger partial charge in [-0.3, -0.25) is 4.79 Å². The number of aryl methyl sites for hydroxylation is 2. The van der Waals surface area contributed by atoms with E-state index in [1.165, 1.54) is 38.1 Å². The first-order chi connectivity index (χ1) is 10.8. The monoisotopic (exact) mass is 341 g/mol. The highest BCUT2D eigenvalue weighted by atomic mass is 32.2. The Morgan fingerprint density at radius 1 is 1.26 bits per heavy atom. The smallest absolute Gasteiger partial charge is 0.254 e. The Kier molecular flexibility index (Phi) is 5.12. The molecule has 1 aromatic heterocycles. The van der Waals surface area contributed by atoms with Gasteiger partial charge in [-0.05, 0) is 26.0 Å². The first-order valence-corrected chi connectivity index (χ1v) is 8.26. The van der Waals surface area contributed by atoms with Gasteiger partial charge in [0.15, 0.2) is 5.76 Å². The zero-order valence-corrected chi connectivity index (χ0v) is 13.4. The van der Waals surface area contributed by atoms with Crippen molar-refractivity contribution in [2.75, 3.05) is 13.1 Å². The fraction of sp³-hybridized carbons (Fsp3) is 0.286. The predicted octanol–water partition coefficient (Wildman–Crippen LogP) is 1.14. The molecule has 2 rings (SSSR count). The molecule has 0 saturated heterocycles. The maximum absolute atomic E-state index is 13.4. The quantitative estimate of drug-likeness (QED) is 0.767. The number of amides is 1. The predicted molar refractivity (Wildman–Crippen MR) is 79.9 cm³/mol. The van der Waals surface area contributed by atoms with Crippen LogP contribution in [0.5, 0.6) is 0 Å². The first-order valence-electron chi connectivity index (χ1n) is 6.78. The normalized spacial score (nSPS) is 11.4. The van der Waals surface area contributed by atoms with Gasteiger partial charge in [0.05, 0.1) is 5.56 Å². The number of carbonyl (C=O) groups excluding carboxylic acids is 1. The van der Waals surface area contributed by atoms with Crippen LogP contribution in [-0.4, -0.2) is 32.6 Å². The Hall–Kier alpha value is -2.26. The summed E-state index contributed by atoms with van der Waals surface area (Å²) in [5, 5.41) is 6.02. The molecule has 0 aliphatic carbocycles. The third-order valence-electron chi connectivity index (χ3n) is 3.06. The van der Waals surface area contributed by atoms with Crippen molar-refractivity contribution in [3.63, 3.8) is 0 Å². The van der Waals surface area contributed by atoms with Gasteiger partial charge in [0, 0.05) is 13.1 Å². The van der Waals surface area contributed by atoms with E-state index in [0.29, 0.717) is 0 Å². The van der Waals surface area contributed by atoms with Crippen molar-refractivity contribution in [1.29, 1.82) is 0 Å². The molecule has 1 amide bonds. The fourth-order valence-electron chi connectivity index (χ4n) is 2.03. The van der Waals surface area contributed by atoms with Crippen molar-refractivity contribution in [3.8, 4) is 0 Å². The molecular weight excluding hydrogens is 325 g/mol. The molecule has 0 spiro atoms. The number of benzene rings is 1. The number of nitrogens with zero attached hydrogens (tertiary/aromatic N) is 1. The summed E-state index contributed by atoms with van der Waals surface area (Å²) in [5.41, 5.74) is 0.159. The summed E-state index contributed by atoms with van der Waals surface area (Å²) >= 11 is 0. The van der Waals surface area contributed by atoms with Crippen LogP contribution in [0.2, 0.25) is 0 Å². The zero-order valence-electron chi connectivity index (χ0n) is 12.6. The SMILES string of the molecule is Cc1noc(C)c1S(=O)(=O)NCCNC(=O)c1ccccc1F. The minimum atomic E-state index is -3.78. The Morgan fingerprint density at radius 2 is 1.96 bits per heavy atom. The second kappa shape index (κ2) is 6.88. The van der Waals surface area contributed by atoms with Crippen LogP contribution < -0.4 is 10.0 Å². The lowest BCUT2D eigenvalue weighted by Gasteiger charge is -2.08. The van der Waals surface area contributed by atoms with E-state index in [1.807, 2.05) is 0 Å². The Balaban J connectivity index is 1.91. The maximum Gasteiger partial charge on any atom is 0.254 e. The lowest BCUT2D eigenvalue weighted by molar-refractivity contribution is 0.0950. The number of halogens is 1. The van der Waals surface area contributed by atoms with E-state index in [2.05, 4.69) is 15.2 Å². The molecule has 1 heterocycles. The van der Waals surface area contributed by atoms with E-state index in [-0.39, 0.29) is 35.0 Å². The van der Waals surface area contributed by atoms with Crippen molar-refractivity contribution in [3.05, 3.63) is 47.1 Å². The summed E-state index contributed by atoms with van der Waals surface area (Å²) in [4.78, 5) is 11.8. The average Bonchev–Trinajstić information content (AvgIpc) is 2.83. The molecule has 0 aliphatic rings. The number of rotatable bonds is 6. The van der Waals surface area contributed by atoms with E-state index in [4.69, 9.17) is 4.52 Å². The van der Waals surface area contributed by atoms with Crippen LogP contribution in [-0.2, 0) is 10.0 Å². The zero-order chi connectivity index (χ0) is 17.0. The van der Waals surface area contributed by atoms with Gasteiger partial charge in [0.25, 0.3) is 5.91 Å². The minimum absolute atomic E-state index is 0.00970. The number of nitrogens with one attached hydrogen (secondary N) is 2. The largest absolute Gasteiger partial charge is 0.360 e. The number of carbonyl (C=O) groups is 1. The molecule has 2 aromatic rings. The highest BCUT2D eigenvalue weighted by Gasteiger charge is 2.23. The summed E-state index contributed by atoms with van der Waals surface area (Å²) in [6, 6.07) is 5.54. The molecule has 0 bridgehead atoms. The summed E-state index contributed by atoms with van der Waals surface area (Å²) in [6.07, 6.45) is 0. The lowest BCUT2D eigenvalue weighted by atomic mass is 10.2. The van der Waals surface area contributed by atoms with Crippen LogP contribution in [0.1, 0.15) is 21.8 Å².